The van der Waals surface area contributed by atoms with E-state index in [1.807, 2.05) is 0 Å². The topological polar surface area (TPSA) is 0 Å². The molecular weight excluding hydrogens is 144 g/mol. The number of hydrogen-bond acceptors (Lipinski definition) is 0. The summed E-state index contributed by atoms with van der Waals surface area (Å²) < 4.78 is 0. The molecule has 0 spiro atoms. The molecule has 0 heterocycles. The highest BCUT2D eigenvalue weighted by molar-refractivity contribution is 5.34. The third kappa shape index (κ3) is 1.48. The van der Waals surface area contributed by atoms with Crippen molar-refractivity contribution in [2.24, 2.45) is 5.92 Å². The van der Waals surface area contributed by atoms with E-state index < -0.39 is 0 Å². The Hall–Kier alpha value is -0.520. The highest BCUT2D eigenvalue weighted by Crippen LogP contribution is 2.35. The van der Waals surface area contributed by atoms with Crippen molar-refractivity contribution in [3.63, 3.8) is 0 Å². The molecule has 1 saturated carbocycles. The van der Waals surface area contributed by atoms with Crippen LogP contribution in [0.3, 0.4) is 0 Å². The van der Waals surface area contributed by atoms with Gasteiger partial charge in [-0.05, 0) is 43.8 Å². The van der Waals surface area contributed by atoms with E-state index in [0.717, 1.165) is 12.3 Å². The molecule has 1 fully saturated rings. The van der Waals surface area contributed by atoms with E-state index in [0.29, 0.717) is 0 Å². The minimum Gasteiger partial charge on any atom is -0.0769 e. The maximum Gasteiger partial charge on any atom is -0.00857 e. The molecule has 0 heteroatoms. The maximum atomic E-state index is 3.50. The molecule has 0 aromatic heterocycles. The lowest BCUT2D eigenvalue weighted by atomic mass is 9.82. The van der Waals surface area contributed by atoms with Crippen molar-refractivity contribution in [2.75, 3.05) is 0 Å². The first-order valence-electron chi connectivity index (χ1n) is 5.16. The van der Waals surface area contributed by atoms with Crippen LogP contribution in [0.1, 0.15) is 45.4 Å². The Morgan fingerprint density at radius 3 is 2.58 bits per heavy atom. The summed E-state index contributed by atoms with van der Waals surface area (Å²) in [5.74, 6) is 0.859. The second-order valence-electron chi connectivity index (χ2n) is 4.02. The zero-order valence-corrected chi connectivity index (χ0v) is 7.90. The standard InChI is InChI=1S/C12H17/c1-10-6-5-9-12(10)11-7-3-2-4-8-11/h6,11H,2-5,7-8H2,1H3. The van der Waals surface area contributed by atoms with E-state index in [1.165, 1.54) is 37.7 Å². The highest BCUT2D eigenvalue weighted by Gasteiger charge is 2.20. The number of hydrogen-bond donors (Lipinski definition) is 0. The highest BCUT2D eigenvalue weighted by atomic mass is 14.2. The van der Waals surface area contributed by atoms with Crippen LogP contribution in [0.4, 0.5) is 0 Å². The minimum absolute atomic E-state index is 0.859. The van der Waals surface area contributed by atoms with Gasteiger partial charge in [-0.3, -0.25) is 0 Å². The average molecular weight is 161 g/mol. The molecule has 0 saturated heterocycles. The second kappa shape index (κ2) is 3.47. The third-order valence-electron chi connectivity index (χ3n) is 3.14. The largest absolute Gasteiger partial charge is 0.0769 e. The predicted molar refractivity (Wildman–Crippen MR) is 51.7 cm³/mol. The van der Waals surface area contributed by atoms with Crippen LogP contribution in [0.5, 0.6) is 0 Å². The molecule has 0 aliphatic heterocycles. The zero-order chi connectivity index (χ0) is 8.39. The van der Waals surface area contributed by atoms with Gasteiger partial charge in [0.05, 0.1) is 0 Å². The van der Waals surface area contributed by atoms with E-state index in [4.69, 9.17) is 0 Å². The summed E-state index contributed by atoms with van der Waals surface area (Å²) in [5.41, 5.74) is 3.05. The van der Waals surface area contributed by atoms with Crippen LogP contribution in [0.15, 0.2) is 17.2 Å². The van der Waals surface area contributed by atoms with Crippen LogP contribution in [0.25, 0.3) is 0 Å². The average Bonchev–Trinajstić information content (AvgIpc) is 2.53. The van der Waals surface area contributed by atoms with E-state index >= 15 is 0 Å². The van der Waals surface area contributed by atoms with Crippen LogP contribution >= 0.6 is 0 Å². The van der Waals surface area contributed by atoms with Gasteiger partial charge in [-0.1, -0.05) is 30.9 Å². The summed E-state index contributed by atoms with van der Waals surface area (Å²) in [6.45, 7) is 2.24. The first-order chi connectivity index (χ1) is 5.88. The first kappa shape index (κ1) is 8.10. The molecule has 0 N–H and O–H groups in total. The summed E-state index contributed by atoms with van der Waals surface area (Å²) in [4.78, 5) is 0. The smallest absolute Gasteiger partial charge is 0.00857 e. The van der Waals surface area contributed by atoms with Gasteiger partial charge in [0, 0.05) is 0 Å². The molecule has 0 aromatic rings. The van der Waals surface area contributed by atoms with Gasteiger partial charge >= 0.3 is 0 Å². The summed E-state index contributed by atoms with van der Waals surface area (Å²) in [6.07, 6.45) is 14.0. The van der Waals surface area contributed by atoms with Crippen molar-refractivity contribution in [3.05, 3.63) is 23.3 Å². The third-order valence-corrected chi connectivity index (χ3v) is 3.14. The Morgan fingerprint density at radius 2 is 2.00 bits per heavy atom. The molecule has 0 unspecified atom stereocenters. The van der Waals surface area contributed by atoms with Gasteiger partial charge in [-0.15, -0.1) is 0 Å². The van der Waals surface area contributed by atoms with Gasteiger partial charge < -0.3 is 0 Å². The molecule has 0 aromatic carbocycles. The van der Waals surface area contributed by atoms with Crippen molar-refractivity contribution in [1.29, 1.82) is 0 Å². The SMILES string of the molecule is CC1=CC[C]=C1C1CCCCC1. The van der Waals surface area contributed by atoms with Crippen molar-refractivity contribution in [3.8, 4) is 0 Å². The molecule has 2 aliphatic rings. The first-order valence-corrected chi connectivity index (χ1v) is 5.16. The molecular formula is C12H17. The number of allylic oxidation sites excluding steroid dienone is 4. The summed E-state index contributed by atoms with van der Waals surface area (Å²) >= 11 is 0. The molecule has 1 radical (unpaired) electrons. The Kier molecular flexibility index (Phi) is 2.34. The fraction of sp³-hybridized carbons (Fsp3) is 0.667. The molecule has 12 heavy (non-hydrogen) atoms. The molecule has 0 amide bonds. The minimum atomic E-state index is 0.859. The van der Waals surface area contributed by atoms with Crippen LogP contribution in [-0.2, 0) is 0 Å². The molecule has 2 aliphatic carbocycles. The fourth-order valence-electron chi connectivity index (χ4n) is 2.42. The number of rotatable bonds is 1. The van der Waals surface area contributed by atoms with Crippen LogP contribution < -0.4 is 0 Å². The molecule has 65 valence electrons. The molecule has 0 atom stereocenters. The van der Waals surface area contributed by atoms with Gasteiger partial charge in [0.25, 0.3) is 0 Å². The monoisotopic (exact) mass is 161 g/mol. The van der Waals surface area contributed by atoms with Gasteiger partial charge in [-0.25, -0.2) is 0 Å². The summed E-state index contributed by atoms with van der Waals surface area (Å²) in [7, 11) is 0. The van der Waals surface area contributed by atoms with Gasteiger partial charge in [-0.2, -0.15) is 0 Å². The fourth-order valence-corrected chi connectivity index (χ4v) is 2.42. The Labute approximate surface area is 75.4 Å². The van der Waals surface area contributed by atoms with E-state index in [2.05, 4.69) is 19.1 Å². The Morgan fingerprint density at radius 1 is 1.25 bits per heavy atom. The van der Waals surface area contributed by atoms with E-state index in [9.17, 15) is 0 Å². The Bertz CT molecular complexity index is 214. The normalized spacial score (nSPS) is 25.4. The lowest BCUT2D eigenvalue weighted by Gasteiger charge is -2.23. The summed E-state index contributed by atoms with van der Waals surface area (Å²) in [5, 5.41) is 0. The van der Waals surface area contributed by atoms with E-state index in [-0.39, 0.29) is 0 Å². The quantitative estimate of drug-likeness (QED) is 0.550. The second-order valence-corrected chi connectivity index (χ2v) is 4.02. The molecule has 0 nitrogen and oxygen atoms in total. The van der Waals surface area contributed by atoms with Gasteiger partial charge in [0.15, 0.2) is 0 Å². The van der Waals surface area contributed by atoms with Gasteiger partial charge in [0.2, 0.25) is 0 Å². The lowest BCUT2D eigenvalue weighted by Crippen LogP contribution is -2.08. The zero-order valence-electron chi connectivity index (χ0n) is 7.90. The van der Waals surface area contributed by atoms with Crippen molar-refractivity contribution >= 4 is 0 Å². The van der Waals surface area contributed by atoms with Crippen LogP contribution in [-0.4, -0.2) is 0 Å². The molecule has 2 rings (SSSR count). The van der Waals surface area contributed by atoms with Crippen LogP contribution in [0, 0.1) is 12.0 Å². The van der Waals surface area contributed by atoms with Crippen LogP contribution in [0.2, 0.25) is 0 Å². The van der Waals surface area contributed by atoms with Gasteiger partial charge in [0.1, 0.15) is 0 Å². The van der Waals surface area contributed by atoms with Crippen molar-refractivity contribution in [2.45, 2.75) is 45.4 Å². The lowest BCUT2D eigenvalue weighted by molar-refractivity contribution is 0.405. The maximum absolute atomic E-state index is 3.50. The predicted octanol–water partition coefficient (Wildman–Crippen LogP) is 3.65. The van der Waals surface area contributed by atoms with E-state index in [1.54, 1.807) is 5.57 Å². The summed E-state index contributed by atoms with van der Waals surface area (Å²) in [6, 6.07) is 0. The molecule has 0 bridgehead atoms. The van der Waals surface area contributed by atoms with Crippen molar-refractivity contribution in [1.82, 2.24) is 0 Å². The Balaban J connectivity index is 2.03. The van der Waals surface area contributed by atoms with Crippen molar-refractivity contribution < 1.29 is 0 Å².